The first kappa shape index (κ1) is 12.3. The second kappa shape index (κ2) is 6.55. The van der Waals surface area contributed by atoms with Crippen molar-refractivity contribution in [1.29, 1.82) is 0 Å². The molecule has 2 rings (SSSR count). The molecule has 1 heterocycles. The molecule has 0 aliphatic heterocycles. The second-order valence-corrected chi connectivity index (χ2v) is 4.73. The predicted molar refractivity (Wildman–Crippen MR) is 68.0 cm³/mol. The maximum atomic E-state index is 11.4. The molecule has 0 bridgehead atoms. The Bertz CT molecular complexity index is 382. The first-order chi connectivity index (χ1) is 8.36. The molecule has 0 saturated heterocycles. The average molecular weight is 235 g/mol. The van der Waals surface area contributed by atoms with Crippen LogP contribution in [0.4, 0.5) is 0 Å². The Morgan fingerprint density at radius 2 is 2.18 bits per heavy atom. The number of hydrogen-bond donors (Lipinski definition) is 1. The summed E-state index contributed by atoms with van der Waals surface area (Å²) in [4.78, 5) is 11.4. The molecule has 1 N–H and O–H groups in total. The van der Waals surface area contributed by atoms with Gasteiger partial charge < -0.3 is 5.32 Å². The Balaban J connectivity index is 1.66. The van der Waals surface area contributed by atoms with Crippen molar-refractivity contribution in [2.45, 2.75) is 51.1 Å². The molecule has 1 saturated carbocycles. The second-order valence-electron chi connectivity index (χ2n) is 4.73. The number of aryl methyl sites for hydroxylation is 1. The van der Waals surface area contributed by atoms with E-state index >= 15 is 0 Å². The summed E-state index contributed by atoms with van der Waals surface area (Å²) >= 11 is 0. The van der Waals surface area contributed by atoms with Crippen LogP contribution >= 0.6 is 0 Å². The van der Waals surface area contributed by atoms with Crippen molar-refractivity contribution < 1.29 is 0 Å². The van der Waals surface area contributed by atoms with Crippen molar-refractivity contribution in [3.05, 3.63) is 28.7 Å². The van der Waals surface area contributed by atoms with Gasteiger partial charge in [0.2, 0.25) is 0 Å². The highest BCUT2D eigenvalue weighted by atomic mass is 16.1. The molecule has 0 unspecified atom stereocenters. The van der Waals surface area contributed by atoms with E-state index in [2.05, 4.69) is 10.4 Å². The van der Waals surface area contributed by atoms with Gasteiger partial charge in [0, 0.05) is 24.8 Å². The van der Waals surface area contributed by atoms with E-state index in [1.54, 1.807) is 18.3 Å². The van der Waals surface area contributed by atoms with Crippen LogP contribution in [0.5, 0.6) is 0 Å². The Kier molecular flexibility index (Phi) is 4.74. The monoisotopic (exact) mass is 235 g/mol. The molecule has 1 aliphatic rings. The zero-order chi connectivity index (χ0) is 11.9. The van der Waals surface area contributed by atoms with Crippen LogP contribution in [0.1, 0.15) is 38.5 Å². The van der Waals surface area contributed by atoms with Gasteiger partial charge in [-0.2, -0.15) is 5.10 Å². The first-order valence-electron chi connectivity index (χ1n) is 6.62. The number of aromatic nitrogens is 2. The Labute approximate surface area is 102 Å². The van der Waals surface area contributed by atoms with Crippen molar-refractivity contribution in [1.82, 2.24) is 15.1 Å². The van der Waals surface area contributed by atoms with Gasteiger partial charge in [0.25, 0.3) is 5.56 Å². The van der Waals surface area contributed by atoms with Gasteiger partial charge in [-0.1, -0.05) is 19.3 Å². The molecule has 1 aromatic heterocycles. The van der Waals surface area contributed by atoms with Crippen molar-refractivity contribution in [3.8, 4) is 0 Å². The summed E-state index contributed by atoms with van der Waals surface area (Å²) in [6, 6.07) is 3.94. The van der Waals surface area contributed by atoms with E-state index in [1.807, 2.05) is 0 Å². The van der Waals surface area contributed by atoms with E-state index in [-0.39, 0.29) is 5.56 Å². The normalized spacial score (nSPS) is 17.2. The zero-order valence-corrected chi connectivity index (χ0v) is 10.3. The topological polar surface area (TPSA) is 46.9 Å². The van der Waals surface area contributed by atoms with Crippen LogP contribution < -0.4 is 10.9 Å². The molecule has 1 fully saturated rings. The summed E-state index contributed by atoms with van der Waals surface area (Å²) in [7, 11) is 0. The van der Waals surface area contributed by atoms with Crippen molar-refractivity contribution in [2.75, 3.05) is 6.54 Å². The largest absolute Gasteiger partial charge is 0.314 e. The molecule has 0 aromatic carbocycles. The smallest absolute Gasteiger partial charge is 0.266 e. The molecule has 0 radical (unpaired) electrons. The van der Waals surface area contributed by atoms with Crippen LogP contribution in [0.3, 0.4) is 0 Å². The quantitative estimate of drug-likeness (QED) is 0.788. The molecule has 4 nitrogen and oxygen atoms in total. The van der Waals surface area contributed by atoms with E-state index in [9.17, 15) is 4.79 Å². The first-order valence-corrected chi connectivity index (χ1v) is 6.62. The SMILES string of the molecule is O=c1cccnn1CCCNC1CCCCC1. The highest BCUT2D eigenvalue weighted by molar-refractivity contribution is 4.84. The zero-order valence-electron chi connectivity index (χ0n) is 10.3. The number of hydrogen-bond acceptors (Lipinski definition) is 3. The van der Waals surface area contributed by atoms with E-state index in [0.29, 0.717) is 12.6 Å². The van der Waals surface area contributed by atoms with Gasteiger partial charge in [0.05, 0.1) is 0 Å². The van der Waals surface area contributed by atoms with E-state index < -0.39 is 0 Å². The molecular formula is C13H21N3O. The van der Waals surface area contributed by atoms with Crippen LogP contribution in [0.15, 0.2) is 23.1 Å². The lowest BCUT2D eigenvalue weighted by molar-refractivity contribution is 0.366. The number of nitrogens with zero attached hydrogens (tertiary/aromatic N) is 2. The molecule has 1 aromatic rings. The molecule has 17 heavy (non-hydrogen) atoms. The molecule has 1 aliphatic carbocycles. The van der Waals surface area contributed by atoms with Crippen LogP contribution in [0.2, 0.25) is 0 Å². The summed E-state index contributed by atoms with van der Waals surface area (Å²) in [5.41, 5.74) is -0.00911. The van der Waals surface area contributed by atoms with Gasteiger partial charge in [-0.15, -0.1) is 0 Å². The minimum atomic E-state index is -0.00911. The van der Waals surface area contributed by atoms with Gasteiger partial charge in [-0.25, -0.2) is 4.68 Å². The maximum absolute atomic E-state index is 11.4. The lowest BCUT2D eigenvalue weighted by Gasteiger charge is -2.22. The fourth-order valence-electron chi connectivity index (χ4n) is 2.40. The van der Waals surface area contributed by atoms with Crippen molar-refractivity contribution >= 4 is 0 Å². The number of nitrogens with one attached hydrogen (secondary N) is 1. The highest BCUT2D eigenvalue weighted by Gasteiger charge is 2.11. The van der Waals surface area contributed by atoms with Crippen LogP contribution in [0, 0.1) is 0 Å². The van der Waals surface area contributed by atoms with Crippen molar-refractivity contribution in [2.24, 2.45) is 0 Å². The van der Waals surface area contributed by atoms with E-state index in [1.165, 1.54) is 36.8 Å². The summed E-state index contributed by atoms with van der Waals surface area (Å²) in [6.45, 7) is 1.69. The Morgan fingerprint density at radius 1 is 1.35 bits per heavy atom. The summed E-state index contributed by atoms with van der Waals surface area (Å²) in [6.07, 6.45) is 9.35. The third-order valence-corrected chi connectivity index (χ3v) is 3.37. The van der Waals surface area contributed by atoms with Gasteiger partial charge in [0.15, 0.2) is 0 Å². The van der Waals surface area contributed by atoms with Gasteiger partial charge in [-0.3, -0.25) is 4.79 Å². The van der Waals surface area contributed by atoms with Gasteiger partial charge >= 0.3 is 0 Å². The summed E-state index contributed by atoms with van der Waals surface area (Å²) in [5, 5.41) is 7.61. The van der Waals surface area contributed by atoms with Gasteiger partial charge in [0.1, 0.15) is 0 Å². The Hall–Kier alpha value is -1.16. The summed E-state index contributed by atoms with van der Waals surface area (Å²) < 4.78 is 1.53. The maximum Gasteiger partial charge on any atom is 0.266 e. The van der Waals surface area contributed by atoms with E-state index in [0.717, 1.165) is 13.0 Å². The molecule has 0 amide bonds. The lowest BCUT2D eigenvalue weighted by atomic mass is 9.95. The third-order valence-electron chi connectivity index (χ3n) is 3.37. The average Bonchev–Trinajstić information content (AvgIpc) is 2.38. The minimum Gasteiger partial charge on any atom is -0.314 e. The minimum absolute atomic E-state index is 0.00911. The van der Waals surface area contributed by atoms with Crippen LogP contribution in [0.25, 0.3) is 0 Å². The van der Waals surface area contributed by atoms with Crippen LogP contribution in [-0.2, 0) is 6.54 Å². The summed E-state index contributed by atoms with van der Waals surface area (Å²) in [5.74, 6) is 0. The molecular weight excluding hydrogens is 214 g/mol. The highest BCUT2D eigenvalue weighted by Crippen LogP contribution is 2.17. The molecule has 0 spiro atoms. The van der Waals surface area contributed by atoms with Gasteiger partial charge in [-0.05, 0) is 31.9 Å². The predicted octanol–water partition coefficient (Wildman–Crippen LogP) is 1.56. The third kappa shape index (κ3) is 3.97. The fraction of sp³-hybridized carbons (Fsp3) is 0.692. The van der Waals surface area contributed by atoms with Crippen LogP contribution in [-0.4, -0.2) is 22.4 Å². The van der Waals surface area contributed by atoms with E-state index in [4.69, 9.17) is 0 Å². The number of rotatable bonds is 5. The van der Waals surface area contributed by atoms with Crippen molar-refractivity contribution in [3.63, 3.8) is 0 Å². The standard InChI is InChI=1S/C13H21N3O/c17-13-8-4-10-15-16(13)11-5-9-14-12-6-2-1-3-7-12/h4,8,10,12,14H,1-3,5-7,9,11H2. The fourth-order valence-corrected chi connectivity index (χ4v) is 2.40. The molecule has 94 valence electrons. The Morgan fingerprint density at radius 3 is 2.94 bits per heavy atom. The molecule has 4 heteroatoms. The lowest BCUT2D eigenvalue weighted by Crippen LogP contribution is -2.32. The molecule has 0 atom stereocenters.